The van der Waals surface area contributed by atoms with Crippen LogP contribution in [0.2, 0.25) is 0 Å². The zero-order valence-electron chi connectivity index (χ0n) is 13.0. The van der Waals surface area contributed by atoms with Crippen LogP contribution in [0, 0.1) is 17.2 Å². The molecule has 3 nitrogen and oxygen atoms in total. The number of hydrogen-bond donors (Lipinski definition) is 1. The molecule has 0 aliphatic heterocycles. The fourth-order valence-electron chi connectivity index (χ4n) is 3.50. The summed E-state index contributed by atoms with van der Waals surface area (Å²) in [6.07, 6.45) is 6.97. The van der Waals surface area contributed by atoms with Gasteiger partial charge in [0.25, 0.3) is 0 Å². The van der Waals surface area contributed by atoms with Crippen molar-refractivity contribution in [3.05, 3.63) is 23.8 Å². The quantitative estimate of drug-likeness (QED) is 0.844. The van der Waals surface area contributed by atoms with Gasteiger partial charge in [0, 0.05) is 17.5 Å². The van der Waals surface area contributed by atoms with Crippen LogP contribution in [0.25, 0.3) is 0 Å². The first-order valence-corrected chi connectivity index (χ1v) is 9.03. The van der Waals surface area contributed by atoms with Crippen molar-refractivity contribution in [2.45, 2.75) is 43.5 Å². The number of nitrogens with zero attached hydrogens (tertiary/aromatic N) is 2. The van der Waals surface area contributed by atoms with E-state index in [4.69, 9.17) is 5.73 Å². The predicted molar refractivity (Wildman–Crippen MR) is 90.8 cm³/mol. The van der Waals surface area contributed by atoms with Gasteiger partial charge in [-0.3, -0.25) is 0 Å². The maximum atomic E-state index is 9.58. The van der Waals surface area contributed by atoms with Crippen molar-refractivity contribution >= 4 is 17.4 Å². The molecule has 114 valence electrons. The Morgan fingerprint density at radius 1 is 1.38 bits per heavy atom. The van der Waals surface area contributed by atoms with E-state index in [2.05, 4.69) is 30.0 Å². The summed E-state index contributed by atoms with van der Waals surface area (Å²) in [5, 5.41) is 9.58. The topological polar surface area (TPSA) is 53.0 Å². The molecule has 0 saturated heterocycles. The Labute approximate surface area is 132 Å². The Morgan fingerprint density at radius 2 is 2.14 bits per heavy atom. The van der Waals surface area contributed by atoms with Crippen molar-refractivity contribution in [1.82, 2.24) is 0 Å². The number of benzene rings is 1. The summed E-state index contributed by atoms with van der Waals surface area (Å²) in [6, 6.07) is 9.06. The fourth-order valence-corrected chi connectivity index (χ4v) is 4.07. The molecule has 1 aliphatic carbocycles. The molecule has 0 bridgehead atoms. The summed E-state index contributed by atoms with van der Waals surface area (Å²) in [7, 11) is 0. The zero-order chi connectivity index (χ0) is 15.2. The van der Waals surface area contributed by atoms with E-state index in [0.717, 1.165) is 29.2 Å². The van der Waals surface area contributed by atoms with Crippen molar-refractivity contribution < 1.29 is 0 Å². The van der Waals surface area contributed by atoms with Crippen LogP contribution in [0.3, 0.4) is 0 Å². The summed E-state index contributed by atoms with van der Waals surface area (Å²) in [6.45, 7) is 3.84. The van der Waals surface area contributed by atoms with E-state index in [9.17, 15) is 5.26 Å². The highest BCUT2D eigenvalue weighted by molar-refractivity contribution is 7.98. The van der Waals surface area contributed by atoms with Gasteiger partial charge in [-0.25, -0.2) is 0 Å². The SMILES string of the molecule is CCN(c1cccc(SC)c1C#N)C1CCCCC1CN. The second-order valence-electron chi connectivity index (χ2n) is 5.60. The van der Waals surface area contributed by atoms with Gasteiger partial charge in [0.15, 0.2) is 0 Å². The van der Waals surface area contributed by atoms with Gasteiger partial charge in [-0.1, -0.05) is 18.9 Å². The molecule has 4 heteroatoms. The summed E-state index contributed by atoms with van der Waals surface area (Å²) in [5.41, 5.74) is 7.89. The van der Waals surface area contributed by atoms with E-state index in [-0.39, 0.29) is 0 Å². The van der Waals surface area contributed by atoms with Crippen molar-refractivity contribution in [2.24, 2.45) is 11.7 Å². The Kier molecular flexibility index (Phi) is 5.96. The summed E-state index contributed by atoms with van der Waals surface area (Å²) in [5.74, 6) is 0.545. The average molecular weight is 303 g/mol. The highest BCUT2D eigenvalue weighted by atomic mass is 32.2. The minimum atomic E-state index is 0.470. The van der Waals surface area contributed by atoms with Crippen molar-refractivity contribution in [3.8, 4) is 6.07 Å². The number of nitriles is 1. The number of anilines is 1. The Hall–Kier alpha value is -1.18. The molecule has 2 unspecified atom stereocenters. The Balaban J connectivity index is 2.39. The molecule has 2 N–H and O–H groups in total. The van der Waals surface area contributed by atoms with E-state index < -0.39 is 0 Å². The second-order valence-corrected chi connectivity index (χ2v) is 6.45. The fraction of sp³-hybridized carbons (Fsp3) is 0.588. The predicted octanol–water partition coefficient (Wildman–Crippen LogP) is 3.62. The molecule has 0 aromatic heterocycles. The largest absolute Gasteiger partial charge is 0.367 e. The summed E-state index contributed by atoms with van der Waals surface area (Å²) >= 11 is 1.64. The van der Waals surface area contributed by atoms with Gasteiger partial charge in [0.2, 0.25) is 0 Å². The van der Waals surface area contributed by atoms with E-state index in [1.54, 1.807) is 11.8 Å². The van der Waals surface area contributed by atoms with Crippen LogP contribution in [-0.4, -0.2) is 25.4 Å². The molecule has 0 amide bonds. The van der Waals surface area contributed by atoms with Gasteiger partial charge in [0.05, 0.1) is 11.3 Å². The summed E-state index contributed by atoms with van der Waals surface area (Å²) < 4.78 is 0. The molecule has 2 atom stereocenters. The van der Waals surface area contributed by atoms with Gasteiger partial charge in [0.1, 0.15) is 6.07 Å². The van der Waals surface area contributed by atoms with Crippen LogP contribution in [0.5, 0.6) is 0 Å². The molecule has 1 aliphatic rings. The van der Waals surface area contributed by atoms with Crippen molar-refractivity contribution in [3.63, 3.8) is 0 Å². The molecular formula is C17H25N3S. The maximum absolute atomic E-state index is 9.58. The van der Waals surface area contributed by atoms with Gasteiger partial charge < -0.3 is 10.6 Å². The second kappa shape index (κ2) is 7.72. The molecule has 2 rings (SSSR count). The number of nitrogens with two attached hydrogens (primary N) is 1. The minimum absolute atomic E-state index is 0.470. The molecule has 0 radical (unpaired) electrons. The highest BCUT2D eigenvalue weighted by Crippen LogP contribution is 2.35. The van der Waals surface area contributed by atoms with Gasteiger partial charge in [-0.15, -0.1) is 11.8 Å². The first kappa shape index (κ1) is 16.2. The van der Waals surface area contributed by atoms with Gasteiger partial charge in [-0.2, -0.15) is 5.26 Å². The molecule has 1 aromatic rings. The normalized spacial score (nSPS) is 21.8. The molecule has 1 saturated carbocycles. The van der Waals surface area contributed by atoms with Gasteiger partial charge >= 0.3 is 0 Å². The third-order valence-corrected chi connectivity index (χ3v) is 5.34. The smallest absolute Gasteiger partial charge is 0.103 e. The third-order valence-electron chi connectivity index (χ3n) is 4.56. The lowest BCUT2D eigenvalue weighted by molar-refractivity contribution is 0.300. The lowest BCUT2D eigenvalue weighted by atomic mass is 9.83. The van der Waals surface area contributed by atoms with Crippen LogP contribution >= 0.6 is 11.8 Å². The van der Waals surface area contributed by atoms with Crippen LogP contribution in [0.15, 0.2) is 23.1 Å². The van der Waals surface area contributed by atoms with E-state index in [1.807, 2.05) is 12.3 Å². The minimum Gasteiger partial charge on any atom is -0.367 e. The van der Waals surface area contributed by atoms with Crippen LogP contribution in [-0.2, 0) is 0 Å². The van der Waals surface area contributed by atoms with Crippen molar-refractivity contribution in [1.29, 1.82) is 5.26 Å². The molecule has 0 spiro atoms. The number of rotatable bonds is 5. The number of thioether (sulfide) groups is 1. The highest BCUT2D eigenvalue weighted by Gasteiger charge is 2.30. The molecule has 1 aromatic carbocycles. The Morgan fingerprint density at radius 3 is 2.76 bits per heavy atom. The first-order chi connectivity index (χ1) is 10.3. The molecular weight excluding hydrogens is 278 g/mol. The average Bonchev–Trinajstić information content (AvgIpc) is 2.55. The lowest BCUT2D eigenvalue weighted by Gasteiger charge is -2.41. The first-order valence-electron chi connectivity index (χ1n) is 7.80. The Bertz CT molecular complexity index is 509. The third kappa shape index (κ3) is 3.36. The van der Waals surface area contributed by atoms with Crippen molar-refractivity contribution in [2.75, 3.05) is 24.2 Å². The van der Waals surface area contributed by atoms with E-state index >= 15 is 0 Å². The molecule has 21 heavy (non-hydrogen) atoms. The summed E-state index contributed by atoms with van der Waals surface area (Å²) in [4.78, 5) is 3.48. The van der Waals surface area contributed by atoms with Crippen LogP contribution in [0.1, 0.15) is 38.2 Å². The van der Waals surface area contributed by atoms with E-state index in [1.165, 1.54) is 25.7 Å². The molecule has 0 heterocycles. The maximum Gasteiger partial charge on any atom is 0.103 e. The van der Waals surface area contributed by atoms with Crippen LogP contribution < -0.4 is 10.6 Å². The molecule has 1 fully saturated rings. The number of hydrogen-bond acceptors (Lipinski definition) is 4. The van der Waals surface area contributed by atoms with Crippen LogP contribution in [0.4, 0.5) is 5.69 Å². The lowest BCUT2D eigenvalue weighted by Crippen LogP contribution is -2.45. The standard InChI is InChI=1S/C17H25N3S/c1-3-20(15-8-5-4-7-13(15)11-18)16-9-6-10-17(21-2)14(16)12-19/h6,9-10,13,15H,3-5,7-8,11,18H2,1-2H3. The van der Waals surface area contributed by atoms with Gasteiger partial charge in [-0.05, 0) is 50.6 Å². The zero-order valence-corrected chi connectivity index (χ0v) is 13.8. The monoisotopic (exact) mass is 303 g/mol. The van der Waals surface area contributed by atoms with E-state index in [0.29, 0.717) is 12.0 Å².